The standard InChI is InChI=1S/C17H14ClNO/c1-10-3-4-12(7-11(10)2)17(20)15-9-19-16-8-13(18)5-6-14(15)16/h3-9,19H,1-2H3. The van der Waals surface area contributed by atoms with Gasteiger partial charge >= 0.3 is 0 Å². The van der Waals surface area contributed by atoms with Gasteiger partial charge in [0.25, 0.3) is 0 Å². The van der Waals surface area contributed by atoms with E-state index in [1.807, 2.05) is 44.2 Å². The summed E-state index contributed by atoms with van der Waals surface area (Å²) >= 11 is 5.96. The highest BCUT2D eigenvalue weighted by atomic mass is 35.5. The molecule has 3 aromatic rings. The second-order valence-electron chi connectivity index (χ2n) is 5.02. The second kappa shape index (κ2) is 4.80. The number of nitrogens with one attached hydrogen (secondary N) is 1. The van der Waals surface area contributed by atoms with E-state index in [1.54, 1.807) is 12.3 Å². The van der Waals surface area contributed by atoms with Crippen LogP contribution in [0.3, 0.4) is 0 Å². The number of hydrogen-bond acceptors (Lipinski definition) is 1. The summed E-state index contributed by atoms with van der Waals surface area (Å²) in [5.41, 5.74) is 4.58. The quantitative estimate of drug-likeness (QED) is 0.681. The molecule has 0 aliphatic carbocycles. The lowest BCUT2D eigenvalue weighted by Gasteiger charge is -2.04. The molecule has 0 amide bonds. The summed E-state index contributed by atoms with van der Waals surface area (Å²) in [5, 5.41) is 1.56. The number of carbonyl (C=O) groups excluding carboxylic acids is 1. The maximum Gasteiger partial charge on any atom is 0.195 e. The third kappa shape index (κ3) is 2.12. The number of ketones is 1. The minimum absolute atomic E-state index is 0.0293. The Bertz CT molecular complexity index is 817. The summed E-state index contributed by atoms with van der Waals surface area (Å²) in [5.74, 6) is 0.0293. The predicted molar refractivity (Wildman–Crippen MR) is 82.7 cm³/mol. The molecule has 1 heterocycles. The predicted octanol–water partition coefficient (Wildman–Crippen LogP) is 4.67. The van der Waals surface area contributed by atoms with Crippen LogP contribution < -0.4 is 0 Å². The zero-order chi connectivity index (χ0) is 14.3. The van der Waals surface area contributed by atoms with Crippen LogP contribution in [0.4, 0.5) is 0 Å². The van der Waals surface area contributed by atoms with Crippen molar-refractivity contribution >= 4 is 28.3 Å². The van der Waals surface area contributed by atoms with Crippen LogP contribution in [0.2, 0.25) is 5.02 Å². The highest BCUT2D eigenvalue weighted by Crippen LogP contribution is 2.24. The van der Waals surface area contributed by atoms with Gasteiger partial charge in [0, 0.05) is 33.2 Å². The number of hydrogen-bond donors (Lipinski definition) is 1. The fraction of sp³-hybridized carbons (Fsp3) is 0.118. The largest absolute Gasteiger partial charge is 0.360 e. The Balaban J connectivity index is 2.10. The van der Waals surface area contributed by atoms with Crippen LogP contribution in [0.25, 0.3) is 10.9 Å². The van der Waals surface area contributed by atoms with E-state index >= 15 is 0 Å². The molecule has 2 aromatic carbocycles. The molecule has 100 valence electrons. The Morgan fingerprint density at radius 3 is 2.60 bits per heavy atom. The van der Waals surface area contributed by atoms with Crippen molar-refractivity contribution in [2.24, 2.45) is 0 Å². The Morgan fingerprint density at radius 1 is 1.05 bits per heavy atom. The fourth-order valence-electron chi connectivity index (χ4n) is 2.32. The lowest BCUT2D eigenvalue weighted by molar-refractivity contribution is 0.104. The van der Waals surface area contributed by atoms with E-state index in [-0.39, 0.29) is 5.78 Å². The lowest BCUT2D eigenvalue weighted by atomic mass is 9.99. The molecular weight excluding hydrogens is 270 g/mol. The normalized spacial score (nSPS) is 10.9. The molecule has 0 bridgehead atoms. The molecule has 0 saturated carbocycles. The number of aromatic amines is 1. The highest BCUT2D eigenvalue weighted by Gasteiger charge is 2.14. The van der Waals surface area contributed by atoms with Gasteiger partial charge < -0.3 is 4.98 Å². The van der Waals surface area contributed by atoms with E-state index in [9.17, 15) is 4.79 Å². The first-order chi connectivity index (χ1) is 9.56. The number of carbonyl (C=O) groups is 1. The molecule has 1 aromatic heterocycles. The Morgan fingerprint density at radius 2 is 1.85 bits per heavy atom. The zero-order valence-corrected chi connectivity index (χ0v) is 12.1. The first-order valence-corrected chi connectivity index (χ1v) is 6.82. The molecule has 0 atom stereocenters. The van der Waals surface area contributed by atoms with E-state index in [2.05, 4.69) is 4.98 Å². The minimum Gasteiger partial charge on any atom is -0.360 e. The molecule has 1 N–H and O–H groups in total. The van der Waals surface area contributed by atoms with Crippen molar-refractivity contribution in [3.8, 4) is 0 Å². The van der Waals surface area contributed by atoms with Gasteiger partial charge in [-0.3, -0.25) is 4.79 Å². The van der Waals surface area contributed by atoms with Gasteiger partial charge in [-0.2, -0.15) is 0 Å². The average Bonchev–Trinajstić information content (AvgIpc) is 2.84. The van der Waals surface area contributed by atoms with Gasteiger partial charge in [0.1, 0.15) is 0 Å². The first kappa shape index (κ1) is 12.9. The van der Waals surface area contributed by atoms with Gasteiger partial charge in [-0.15, -0.1) is 0 Å². The molecule has 0 aliphatic rings. The molecule has 0 unspecified atom stereocenters. The van der Waals surface area contributed by atoms with Crippen LogP contribution in [0.15, 0.2) is 42.6 Å². The van der Waals surface area contributed by atoms with Crippen LogP contribution in [-0.2, 0) is 0 Å². The molecule has 3 heteroatoms. The average molecular weight is 284 g/mol. The summed E-state index contributed by atoms with van der Waals surface area (Å²) < 4.78 is 0. The zero-order valence-electron chi connectivity index (χ0n) is 11.3. The molecule has 2 nitrogen and oxygen atoms in total. The van der Waals surface area contributed by atoms with Crippen molar-refractivity contribution in [2.45, 2.75) is 13.8 Å². The van der Waals surface area contributed by atoms with E-state index < -0.39 is 0 Å². The third-order valence-electron chi connectivity index (χ3n) is 3.66. The van der Waals surface area contributed by atoms with E-state index in [0.29, 0.717) is 16.1 Å². The van der Waals surface area contributed by atoms with Gasteiger partial charge in [-0.1, -0.05) is 29.8 Å². The van der Waals surface area contributed by atoms with Crippen molar-refractivity contribution in [1.29, 1.82) is 0 Å². The fourth-order valence-corrected chi connectivity index (χ4v) is 2.50. The molecule has 3 rings (SSSR count). The number of rotatable bonds is 2. The summed E-state index contributed by atoms with van der Waals surface area (Å²) in [4.78, 5) is 15.7. The first-order valence-electron chi connectivity index (χ1n) is 6.45. The molecular formula is C17H14ClNO. The lowest BCUT2D eigenvalue weighted by Crippen LogP contribution is -2.01. The van der Waals surface area contributed by atoms with Gasteiger partial charge in [-0.05, 0) is 43.2 Å². The number of halogens is 1. The molecule has 20 heavy (non-hydrogen) atoms. The molecule has 0 aliphatic heterocycles. The van der Waals surface area contributed by atoms with Crippen LogP contribution in [-0.4, -0.2) is 10.8 Å². The molecule has 0 saturated heterocycles. The van der Waals surface area contributed by atoms with Gasteiger partial charge in [0.2, 0.25) is 0 Å². The maximum atomic E-state index is 12.6. The van der Waals surface area contributed by atoms with Crippen LogP contribution >= 0.6 is 11.6 Å². The van der Waals surface area contributed by atoms with Crippen LogP contribution in [0.1, 0.15) is 27.0 Å². The number of H-pyrrole nitrogens is 1. The monoisotopic (exact) mass is 283 g/mol. The number of fused-ring (bicyclic) bond motifs is 1. The SMILES string of the molecule is Cc1ccc(C(=O)c2c[nH]c3cc(Cl)ccc23)cc1C. The number of aryl methyl sites for hydroxylation is 2. The highest BCUT2D eigenvalue weighted by molar-refractivity contribution is 6.31. The topological polar surface area (TPSA) is 32.9 Å². The Kier molecular flexibility index (Phi) is 3.11. The summed E-state index contributed by atoms with van der Waals surface area (Å²) in [6.07, 6.45) is 1.75. The van der Waals surface area contributed by atoms with Gasteiger partial charge in [-0.25, -0.2) is 0 Å². The van der Waals surface area contributed by atoms with E-state index in [4.69, 9.17) is 11.6 Å². The van der Waals surface area contributed by atoms with Gasteiger partial charge in [0.15, 0.2) is 5.78 Å². The number of aromatic nitrogens is 1. The van der Waals surface area contributed by atoms with Crippen LogP contribution in [0.5, 0.6) is 0 Å². The molecule has 0 spiro atoms. The summed E-state index contributed by atoms with van der Waals surface area (Å²) in [7, 11) is 0. The van der Waals surface area contributed by atoms with Gasteiger partial charge in [0.05, 0.1) is 0 Å². The summed E-state index contributed by atoms with van der Waals surface area (Å²) in [6, 6.07) is 11.3. The van der Waals surface area contributed by atoms with Crippen molar-refractivity contribution in [3.63, 3.8) is 0 Å². The maximum absolute atomic E-state index is 12.6. The Labute approximate surface area is 122 Å². The smallest absolute Gasteiger partial charge is 0.195 e. The van der Waals surface area contributed by atoms with Crippen LogP contribution in [0, 0.1) is 13.8 Å². The van der Waals surface area contributed by atoms with Crippen molar-refractivity contribution in [1.82, 2.24) is 4.98 Å². The number of benzene rings is 2. The van der Waals surface area contributed by atoms with Crippen molar-refractivity contribution < 1.29 is 4.79 Å². The van der Waals surface area contributed by atoms with E-state index in [0.717, 1.165) is 16.5 Å². The van der Waals surface area contributed by atoms with Crippen molar-refractivity contribution in [2.75, 3.05) is 0 Å². The molecule has 0 radical (unpaired) electrons. The third-order valence-corrected chi connectivity index (χ3v) is 3.89. The van der Waals surface area contributed by atoms with Crippen molar-refractivity contribution in [3.05, 3.63) is 69.9 Å². The Hall–Kier alpha value is -2.06. The molecule has 0 fully saturated rings. The minimum atomic E-state index is 0.0293. The summed E-state index contributed by atoms with van der Waals surface area (Å²) in [6.45, 7) is 4.05. The second-order valence-corrected chi connectivity index (χ2v) is 5.46. The van der Waals surface area contributed by atoms with E-state index in [1.165, 1.54) is 5.56 Å².